The molecule has 0 N–H and O–H groups in total. The van der Waals surface area contributed by atoms with Gasteiger partial charge in [0.1, 0.15) is 11.3 Å². The summed E-state index contributed by atoms with van der Waals surface area (Å²) in [5, 5.41) is 0.498. The number of esters is 1. The number of halogens is 1. The Morgan fingerprint density at radius 1 is 1.44 bits per heavy atom. The molecule has 0 bridgehead atoms. The Labute approximate surface area is 110 Å². The van der Waals surface area contributed by atoms with Gasteiger partial charge in [-0.15, -0.1) is 0 Å². The van der Waals surface area contributed by atoms with E-state index in [1.54, 1.807) is 0 Å². The normalized spacial score (nSPS) is 23.1. The quantitative estimate of drug-likeness (QED) is 0.624. The summed E-state index contributed by atoms with van der Waals surface area (Å²) in [6.07, 6.45) is 4.36. The predicted molar refractivity (Wildman–Crippen MR) is 65.9 cm³/mol. The van der Waals surface area contributed by atoms with Crippen LogP contribution in [-0.2, 0) is 9.47 Å². The summed E-state index contributed by atoms with van der Waals surface area (Å²) in [4.78, 5) is 16.0. The second-order valence-corrected chi connectivity index (χ2v) is 5.13. The Bertz CT molecular complexity index is 467. The molecule has 1 aliphatic heterocycles. The van der Waals surface area contributed by atoms with Gasteiger partial charge in [0.2, 0.25) is 0 Å². The van der Waals surface area contributed by atoms with Gasteiger partial charge in [0, 0.05) is 12.6 Å². The van der Waals surface area contributed by atoms with Crippen LogP contribution in [0.4, 0.5) is 0 Å². The topological polar surface area (TPSA) is 48.4 Å². The molecule has 5 heteroatoms. The molecule has 0 unspecified atom stereocenters. The first-order valence-electron chi connectivity index (χ1n) is 6.18. The lowest BCUT2D eigenvalue weighted by molar-refractivity contribution is 0.0270. The van der Waals surface area contributed by atoms with Crippen LogP contribution >= 0.6 is 11.6 Å². The van der Waals surface area contributed by atoms with Crippen LogP contribution in [0.1, 0.15) is 41.1 Å². The van der Waals surface area contributed by atoms with Crippen molar-refractivity contribution in [2.45, 2.75) is 31.3 Å². The van der Waals surface area contributed by atoms with Crippen molar-refractivity contribution in [1.29, 1.82) is 0 Å². The summed E-state index contributed by atoms with van der Waals surface area (Å²) in [5.74, 6) is 0.129. The highest BCUT2D eigenvalue weighted by Gasteiger charge is 2.28. The third-order valence-corrected chi connectivity index (χ3v) is 3.60. The molecule has 1 aromatic rings. The minimum atomic E-state index is -0.337. The number of nitrogens with zero attached hydrogens (tertiary/aromatic N) is 1. The van der Waals surface area contributed by atoms with Gasteiger partial charge in [-0.1, -0.05) is 11.6 Å². The molecule has 0 aromatic carbocycles. The summed E-state index contributed by atoms with van der Waals surface area (Å²) in [6, 6.07) is 1.81. The van der Waals surface area contributed by atoms with Crippen LogP contribution in [0.5, 0.6) is 0 Å². The summed E-state index contributed by atoms with van der Waals surface area (Å²) in [7, 11) is 0. The molecule has 1 aliphatic carbocycles. The molecule has 1 aromatic heterocycles. The molecular weight excluding hydrogens is 254 g/mol. The second-order valence-electron chi connectivity index (χ2n) is 4.77. The van der Waals surface area contributed by atoms with Gasteiger partial charge < -0.3 is 9.47 Å². The van der Waals surface area contributed by atoms with Crippen molar-refractivity contribution in [3.63, 3.8) is 0 Å². The molecule has 2 aliphatic rings. The van der Waals surface area contributed by atoms with Crippen molar-refractivity contribution in [3.05, 3.63) is 28.5 Å². The first kappa shape index (κ1) is 11.9. The molecule has 4 nitrogen and oxygen atoms in total. The van der Waals surface area contributed by atoms with E-state index in [4.69, 9.17) is 21.1 Å². The van der Waals surface area contributed by atoms with Crippen LogP contribution in [0.3, 0.4) is 0 Å². The molecule has 0 spiro atoms. The molecule has 1 atom stereocenters. The SMILES string of the molecule is O=C(O[C@@H]1CCOC1)c1cnc(Cl)c(C2CC2)c1. The summed E-state index contributed by atoms with van der Waals surface area (Å²) >= 11 is 6.02. The Morgan fingerprint density at radius 2 is 2.28 bits per heavy atom. The monoisotopic (exact) mass is 267 g/mol. The van der Waals surface area contributed by atoms with E-state index in [0.717, 1.165) is 24.8 Å². The van der Waals surface area contributed by atoms with E-state index in [9.17, 15) is 4.79 Å². The molecule has 0 amide bonds. The average molecular weight is 268 g/mol. The maximum absolute atomic E-state index is 11.9. The molecule has 3 rings (SSSR count). The number of ether oxygens (including phenoxy) is 2. The minimum Gasteiger partial charge on any atom is -0.456 e. The lowest BCUT2D eigenvalue weighted by Gasteiger charge is -2.10. The number of pyridine rings is 1. The van der Waals surface area contributed by atoms with Crippen molar-refractivity contribution >= 4 is 17.6 Å². The molecule has 2 fully saturated rings. The summed E-state index contributed by atoms with van der Waals surface area (Å²) in [6.45, 7) is 1.15. The lowest BCUT2D eigenvalue weighted by atomic mass is 10.1. The lowest BCUT2D eigenvalue weighted by Crippen LogP contribution is -2.18. The van der Waals surface area contributed by atoms with Crippen LogP contribution in [0.25, 0.3) is 0 Å². The molecular formula is C13H14ClNO3. The smallest absolute Gasteiger partial charge is 0.340 e. The zero-order valence-electron chi connectivity index (χ0n) is 9.89. The zero-order valence-corrected chi connectivity index (χ0v) is 10.7. The van der Waals surface area contributed by atoms with Gasteiger partial charge in [0.15, 0.2) is 0 Å². The number of aromatic nitrogens is 1. The van der Waals surface area contributed by atoms with E-state index in [2.05, 4.69) is 4.98 Å². The molecule has 96 valence electrons. The maximum Gasteiger partial charge on any atom is 0.340 e. The first-order valence-corrected chi connectivity index (χ1v) is 6.56. The van der Waals surface area contributed by atoms with Gasteiger partial charge in [-0.3, -0.25) is 0 Å². The fourth-order valence-corrected chi connectivity index (χ4v) is 2.34. The number of hydrogen-bond acceptors (Lipinski definition) is 4. The van der Waals surface area contributed by atoms with E-state index in [1.807, 2.05) is 6.07 Å². The molecule has 2 heterocycles. The van der Waals surface area contributed by atoms with Gasteiger partial charge in [-0.05, 0) is 30.4 Å². The third-order valence-electron chi connectivity index (χ3n) is 3.28. The average Bonchev–Trinajstić information content (AvgIpc) is 3.08. The number of carbonyl (C=O) groups excluding carboxylic acids is 1. The fraction of sp³-hybridized carbons (Fsp3) is 0.538. The van der Waals surface area contributed by atoms with Gasteiger partial charge in [0.05, 0.1) is 18.8 Å². The highest BCUT2D eigenvalue weighted by molar-refractivity contribution is 6.30. The number of rotatable bonds is 3. The Balaban J connectivity index is 1.74. The van der Waals surface area contributed by atoms with Crippen molar-refractivity contribution in [2.75, 3.05) is 13.2 Å². The van der Waals surface area contributed by atoms with Gasteiger partial charge >= 0.3 is 5.97 Å². The van der Waals surface area contributed by atoms with E-state index in [-0.39, 0.29) is 12.1 Å². The van der Waals surface area contributed by atoms with Crippen LogP contribution in [0, 0.1) is 0 Å². The molecule has 18 heavy (non-hydrogen) atoms. The molecule has 0 radical (unpaired) electrons. The Kier molecular flexibility index (Phi) is 3.22. The summed E-state index contributed by atoms with van der Waals surface area (Å²) in [5.41, 5.74) is 1.45. The van der Waals surface area contributed by atoms with Crippen LogP contribution in [0.15, 0.2) is 12.3 Å². The van der Waals surface area contributed by atoms with Gasteiger partial charge in [-0.2, -0.15) is 0 Å². The van der Waals surface area contributed by atoms with E-state index in [0.29, 0.717) is 29.8 Å². The van der Waals surface area contributed by atoms with Crippen molar-refractivity contribution in [1.82, 2.24) is 4.98 Å². The highest BCUT2D eigenvalue weighted by atomic mass is 35.5. The zero-order chi connectivity index (χ0) is 12.5. The van der Waals surface area contributed by atoms with Crippen LogP contribution < -0.4 is 0 Å². The predicted octanol–water partition coefficient (Wildman–Crippen LogP) is 2.56. The fourth-order valence-electron chi connectivity index (χ4n) is 2.08. The second kappa shape index (κ2) is 4.86. The molecule has 1 saturated carbocycles. The van der Waals surface area contributed by atoms with Gasteiger partial charge in [0.25, 0.3) is 0 Å². The number of hydrogen-bond donors (Lipinski definition) is 0. The van der Waals surface area contributed by atoms with E-state index >= 15 is 0 Å². The highest BCUT2D eigenvalue weighted by Crippen LogP contribution is 2.42. The van der Waals surface area contributed by atoms with E-state index < -0.39 is 0 Å². The van der Waals surface area contributed by atoms with Gasteiger partial charge in [-0.25, -0.2) is 9.78 Å². The largest absolute Gasteiger partial charge is 0.456 e. The summed E-state index contributed by atoms with van der Waals surface area (Å²) < 4.78 is 10.5. The van der Waals surface area contributed by atoms with Crippen molar-refractivity contribution in [3.8, 4) is 0 Å². The van der Waals surface area contributed by atoms with Crippen molar-refractivity contribution < 1.29 is 14.3 Å². The Hall–Kier alpha value is -1.13. The number of carbonyl (C=O) groups is 1. The Morgan fingerprint density at radius 3 is 2.94 bits per heavy atom. The van der Waals surface area contributed by atoms with E-state index in [1.165, 1.54) is 6.20 Å². The third kappa shape index (κ3) is 2.49. The first-order chi connectivity index (χ1) is 8.74. The minimum absolute atomic E-state index is 0.127. The van der Waals surface area contributed by atoms with Crippen LogP contribution in [0.2, 0.25) is 5.15 Å². The van der Waals surface area contributed by atoms with Crippen LogP contribution in [-0.4, -0.2) is 30.3 Å². The standard InChI is InChI=1S/C13H14ClNO3/c14-12-11(8-1-2-8)5-9(6-15-12)13(16)18-10-3-4-17-7-10/h5-6,8,10H,1-4,7H2/t10-/m1/s1. The van der Waals surface area contributed by atoms with Crippen molar-refractivity contribution in [2.24, 2.45) is 0 Å². The molecule has 1 saturated heterocycles. The maximum atomic E-state index is 11.9.